The second-order valence-electron chi connectivity index (χ2n) is 8.97. The number of amides is 1. The number of nitrogens with one attached hydrogen (secondary N) is 2. The third kappa shape index (κ3) is 5.11. The number of fused-ring (bicyclic) bond motifs is 1. The molecule has 2 N–H and O–H groups in total. The fourth-order valence-corrected chi connectivity index (χ4v) is 4.79. The minimum Gasteiger partial charge on any atom is -0.372 e. The third-order valence-electron chi connectivity index (χ3n) is 6.66. The Morgan fingerprint density at radius 2 is 1.74 bits per heavy atom. The van der Waals surface area contributed by atoms with Crippen LogP contribution in [-0.2, 0) is 11.3 Å². The lowest BCUT2D eigenvalue weighted by Gasteiger charge is -2.22. The number of carbonyl (C=O) groups excluding carboxylic acids is 1. The van der Waals surface area contributed by atoms with Gasteiger partial charge in [0.05, 0.1) is 35.5 Å². The highest BCUT2D eigenvalue weighted by atomic mass is 16.5. The van der Waals surface area contributed by atoms with Crippen molar-refractivity contribution in [3.63, 3.8) is 0 Å². The topological polar surface area (TPSA) is 63.2 Å². The molecule has 1 aliphatic heterocycles. The average Bonchev–Trinajstić information content (AvgIpc) is 3.44. The van der Waals surface area contributed by atoms with Crippen LogP contribution >= 0.6 is 0 Å². The smallest absolute Gasteiger partial charge is 0.252 e. The molecule has 3 aromatic carbocycles. The van der Waals surface area contributed by atoms with Crippen LogP contribution in [-0.4, -0.2) is 30.1 Å². The zero-order valence-electron chi connectivity index (χ0n) is 20.0. The maximum atomic E-state index is 14.0. The first-order chi connectivity index (χ1) is 17.2. The summed E-state index contributed by atoms with van der Waals surface area (Å²) in [4.78, 5) is 19.0. The highest BCUT2D eigenvalue weighted by molar-refractivity contribution is 6.09. The molecule has 35 heavy (non-hydrogen) atoms. The predicted molar refractivity (Wildman–Crippen MR) is 140 cm³/mol. The van der Waals surface area contributed by atoms with Gasteiger partial charge in [-0.1, -0.05) is 85.8 Å². The second-order valence-corrected chi connectivity index (χ2v) is 8.97. The molecule has 0 radical (unpaired) electrons. The van der Waals surface area contributed by atoms with E-state index < -0.39 is 0 Å². The van der Waals surface area contributed by atoms with Crippen molar-refractivity contribution in [2.24, 2.45) is 0 Å². The predicted octanol–water partition coefficient (Wildman–Crippen LogP) is 5.66. The summed E-state index contributed by atoms with van der Waals surface area (Å²) in [5.74, 6) is -0.0976. The Labute approximate surface area is 206 Å². The molecule has 0 aliphatic carbocycles. The number of rotatable bonds is 8. The Hall–Kier alpha value is -3.54. The summed E-state index contributed by atoms with van der Waals surface area (Å²) in [6, 6.07) is 28.0. The van der Waals surface area contributed by atoms with Gasteiger partial charge in [0.2, 0.25) is 0 Å². The van der Waals surface area contributed by atoms with E-state index in [-0.39, 0.29) is 18.1 Å². The van der Waals surface area contributed by atoms with Gasteiger partial charge in [0.25, 0.3) is 5.91 Å². The van der Waals surface area contributed by atoms with Crippen molar-refractivity contribution < 1.29 is 9.53 Å². The maximum Gasteiger partial charge on any atom is 0.252 e. The zero-order valence-corrected chi connectivity index (χ0v) is 20.0. The molecular weight excluding hydrogens is 434 g/mol. The van der Waals surface area contributed by atoms with Gasteiger partial charge in [0, 0.05) is 23.1 Å². The van der Waals surface area contributed by atoms with Gasteiger partial charge in [0.1, 0.15) is 0 Å². The largest absolute Gasteiger partial charge is 0.372 e. The molecule has 1 saturated heterocycles. The molecule has 5 heteroatoms. The van der Waals surface area contributed by atoms with E-state index in [1.54, 1.807) is 0 Å². The number of pyridine rings is 1. The fraction of sp³-hybridized carbons (Fsp3) is 0.267. The van der Waals surface area contributed by atoms with Crippen molar-refractivity contribution in [3.8, 4) is 11.3 Å². The van der Waals surface area contributed by atoms with Crippen LogP contribution in [0.1, 0.15) is 47.3 Å². The lowest BCUT2D eigenvalue weighted by atomic mass is 9.95. The number of para-hydroxylation sites is 1. The molecule has 0 spiro atoms. The van der Waals surface area contributed by atoms with E-state index in [2.05, 4.69) is 29.7 Å². The van der Waals surface area contributed by atoms with Gasteiger partial charge in [-0.15, -0.1) is 0 Å². The third-order valence-corrected chi connectivity index (χ3v) is 6.66. The summed E-state index contributed by atoms with van der Waals surface area (Å²) in [7, 11) is 0. The molecule has 1 amide bonds. The van der Waals surface area contributed by atoms with Gasteiger partial charge >= 0.3 is 0 Å². The molecule has 0 saturated carbocycles. The molecule has 1 aliphatic rings. The van der Waals surface area contributed by atoms with Crippen LogP contribution in [0.4, 0.5) is 0 Å². The summed E-state index contributed by atoms with van der Waals surface area (Å²) in [5.41, 5.74) is 5.16. The van der Waals surface area contributed by atoms with Crippen LogP contribution in [0.5, 0.6) is 0 Å². The molecule has 0 unspecified atom stereocenters. The summed E-state index contributed by atoms with van der Waals surface area (Å²) < 4.78 is 6.32. The second kappa shape index (κ2) is 10.8. The van der Waals surface area contributed by atoms with Crippen molar-refractivity contribution in [3.05, 3.63) is 102 Å². The Morgan fingerprint density at radius 1 is 1.03 bits per heavy atom. The Balaban J connectivity index is 1.62. The minimum absolute atomic E-state index is 0.0800. The number of ether oxygens (including phenoxy) is 1. The molecule has 4 aromatic rings. The Bertz CT molecular complexity index is 1290. The number of benzene rings is 3. The lowest BCUT2D eigenvalue weighted by Crippen LogP contribution is -2.30. The molecule has 1 fully saturated rings. The number of nitrogens with zero attached hydrogens (tertiary/aromatic N) is 1. The number of hydrogen-bond acceptors (Lipinski definition) is 4. The lowest BCUT2D eigenvalue weighted by molar-refractivity contribution is 0.0536. The summed E-state index contributed by atoms with van der Waals surface area (Å²) in [5, 5.41) is 7.50. The molecular formula is C30H31N3O2. The van der Waals surface area contributed by atoms with Gasteiger partial charge < -0.3 is 15.4 Å². The van der Waals surface area contributed by atoms with Crippen molar-refractivity contribution in [1.29, 1.82) is 0 Å². The first-order valence-corrected chi connectivity index (χ1v) is 12.4. The minimum atomic E-state index is -0.0976. The van der Waals surface area contributed by atoms with E-state index in [1.165, 1.54) is 0 Å². The fourth-order valence-electron chi connectivity index (χ4n) is 4.79. The van der Waals surface area contributed by atoms with E-state index in [1.807, 2.05) is 72.8 Å². The van der Waals surface area contributed by atoms with Crippen LogP contribution < -0.4 is 10.6 Å². The van der Waals surface area contributed by atoms with E-state index in [9.17, 15) is 4.79 Å². The number of aromatic nitrogens is 1. The van der Waals surface area contributed by atoms with Gasteiger partial charge in [-0.2, -0.15) is 0 Å². The van der Waals surface area contributed by atoms with Crippen LogP contribution in [0.25, 0.3) is 22.2 Å². The SMILES string of the molecule is CC[C@H](NC(=O)c1c(CO[C@@H]2CCNC2)c(-c2ccccc2)nc2ccccc12)c1ccccc1. The van der Waals surface area contributed by atoms with Gasteiger partial charge in [-0.3, -0.25) is 4.79 Å². The van der Waals surface area contributed by atoms with Crippen LogP contribution in [0, 0.1) is 0 Å². The number of hydrogen-bond donors (Lipinski definition) is 2. The highest BCUT2D eigenvalue weighted by Gasteiger charge is 2.25. The molecule has 5 rings (SSSR count). The first kappa shape index (κ1) is 23.2. The summed E-state index contributed by atoms with van der Waals surface area (Å²) in [6.07, 6.45) is 1.90. The molecule has 0 bridgehead atoms. The first-order valence-electron chi connectivity index (χ1n) is 12.4. The summed E-state index contributed by atoms with van der Waals surface area (Å²) in [6.45, 7) is 4.21. The standard InChI is InChI=1S/C30H31N3O2/c1-2-26(21-11-5-3-6-12-21)33-30(34)28-24-15-9-10-16-27(24)32-29(22-13-7-4-8-14-22)25(28)20-35-23-17-18-31-19-23/h3-16,23,26,31H,2,17-20H2,1H3,(H,33,34)/t23-,26+/m1/s1. The Morgan fingerprint density at radius 3 is 2.46 bits per heavy atom. The van der Waals surface area contributed by atoms with Gasteiger partial charge in [-0.05, 0) is 31.0 Å². The zero-order chi connectivity index (χ0) is 24.0. The van der Waals surface area contributed by atoms with Crippen LogP contribution in [0.2, 0.25) is 0 Å². The van der Waals surface area contributed by atoms with Crippen LogP contribution in [0.15, 0.2) is 84.9 Å². The molecule has 1 aromatic heterocycles. The van der Waals surface area contributed by atoms with Crippen LogP contribution in [0.3, 0.4) is 0 Å². The molecule has 178 valence electrons. The normalized spacial score (nSPS) is 16.3. The van der Waals surface area contributed by atoms with E-state index in [0.717, 1.165) is 59.2 Å². The highest BCUT2D eigenvalue weighted by Crippen LogP contribution is 2.32. The van der Waals surface area contributed by atoms with E-state index >= 15 is 0 Å². The average molecular weight is 466 g/mol. The van der Waals surface area contributed by atoms with Crippen molar-refractivity contribution in [1.82, 2.24) is 15.6 Å². The maximum absolute atomic E-state index is 14.0. The van der Waals surface area contributed by atoms with Crippen molar-refractivity contribution in [2.45, 2.75) is 38.5 Å². The molecule has 5 nitrogen and oxygen atoms in total. The van der Waals surface area contributed by atoms with E-state index in [4.69, 9.17) is 9.72 Å². The van der Waals surface area contributed by atoms with Gasteiger partial charge in [0.15, 0.2) is 0 Å². The number of carbonyl (C=O) groups is 1. The van der Waals surface area contributed by atoms with Gasteiger partial charge in [-0.25, -0.2) is 4.98 Å². The van der Waals surface area contributed by atoms with E-state index in [0.29, 0.717) is 12.2 Å². The summed E-state index contributed by atoms with van der Waals surface area (Å²) >= 11 is 0. The molecule has 2 heterocycles. The van der Waals surface area contributed by atoms with Crippen molar-refractivity contribution in [2.75, 3.05) is 13.1 Å². The van der Waals surface area contributed by atoms with Crippen molar-refractivity contribution >= 4 is 16.8 Å². The monoisotopic (exact) mass is 465 g/mol. The molecule has 2 atom stereocenters. The Kier molecular flexibility index (Phi) is 7.17. The quantitative estimate of drug-likeness (QED) is 0.352.